The minimum Gasteiger partial charge on any atom is -0.396 e. The van der Waals surface area contributed by atoms with Crippen LogP contribution in [-0.4, -0.2) is 31.3 Å². The molecule has 1 aliphatic rings. The van der Waals surface area contributed by atoms with Crippen LogP contribution in [0.15, 0.2) is 18.5 Å². The quantitative estimate of drug-likeness (QED) is 0.793. The molecule has 1 aromatic heterocycles. The first-order chi connectivity index (χ1) is 7.31. The molecule has 1 saturated heterocycles. The predicted molar refractivity (Wildman–Crippen MR) is 60.9 cm³/mol. The standard InChI is InChI=1S/C11H17N3O/c1-15-9-3-6-14(7-4-9)11-2-5-13-8-10(11)12/h2,5,8-9H,3-4,6-7,12H2,1H3. The maximum Gasteiger partial charge on any atom is 0.0738 e. The van der Waals surface area contributed by atoms with Gasteiger partial charge in [-0.2, -0.15) is 0 Å². The molecule has 1 aromatic rings. The Hall–Kier alpha value is -1.29. The van der Waals surface area contributed by atoms with Crippen molar-refractivity contribution in [2.24, 2.45) is 0 Å². The van der Waals surface area contributed by atoms with Gasteiger partial charge >= 0.3 is 0 Å². The number of ether oxygens (including phenoxy) is 1. The summed E-state index contributed by atoms with van der Waals surface area (Å²) in [6.45, 7) is 2.01. The lowest BCUT2D eigenvalue weighted by atomic mass is 10.1. The number of pyridine rings is 1. The third-order valence-corrected chi connectivity index (χ3v) is 2.94. The first-order valence-electron chi connectivity index (χ1n) is 5.28. The molecule has 82 valence electrons. The number of aromatic nitrogens is 1. The number of hydrogen-bond donors (Lipinski definition) is 1. The average Bonchev–Trinajstić information content (AvgIpc) is 2.30. The summed E-state index contributed by atoms with van der Waals surface area (Å²) in [5.74, 6) is 0. The van der Waals surface area contributed by atoms with Gasteiger partial charge in [-0.25, -0.2) is 0 Å². The zero-order valence-electron chi connectivity index (χ0n) is 9.02. The molecule has 0 unspecified atom stereocenters. The van der Waals surface area contributed by atoms with E-state index in [2.05, 4.69) is 9.88 Å². The van der Waals surface area contributed by atoms with Crippen LogP contribution >= 0.6 is 0 Å². The molecule has 0 radical (unpaired) electrons. The Bertz CT molecular complexity index is 321. The molecule has 2 N–H and O–H groups in total. The smallest absolute Gasteiger partial charge is 0.0738 e. The Morgan fingerprint density at radius 3 is 2.80 bits per heavy atom. The van der Waals surface area contributed by atoms with Gasteiger partial charge in [-0.1, -0.05) is 0 Å². The molecule has 0 saturated carbocycles. The van der Waals surface area contributed by atoms with Crippen LogP contribution in [0.25, 0.3) is 0 Å². The summed E-state index contributed by atoms with van der Waals surface area (Å²) >= 11 is 0. The highest BCUT2D eigenvalue weighted by Crippen LogP contribution is 2.25. The van der Waals surface area contributed by atoms with Crippen LogP contribution in [0.3, 0.4) is 0 Å². The lowest BCUT2D eigenvalue weighted by Gasteiger charge is -2.33. The van der Waals surface area contributed by atoms with Crippen LogP contribution < -0.4 is 10.6 Å². The van der Waals surface area contributed by atoms with E-state index in [1.807, 2.05) is 6.07 Å². The fourth-order valence-corrected chi connectivity index (χ4v) is 2.02. The molecule has 0 spiro atoms. The van der Waals surface area contributed by atoms with Gasteiger partial charge in [-0.05, 0) is 18.9 Å². The predicted octanol–water partition coefficient (Wildman–Crippen LogP) is 1.28. The lowest BCUT2D eigenvalue weighted by Crippen LogP contribution is -2.37. The van der Waals surface area contributed by atoms with Crippen molar-refractivity contribution in [2.75, 3.05) is 30.8 Å². The van der Waals surface area contributed by atoms with Gasteiger partial charge in [0.25, 0.3) is 0 Å². The number of methoxy groups -OCH3 is 1. The van der Waals surface area contributed by atoms with Crippen molar-refractivity contribution in [1.29, 1.82) is 0 Å². The average molecular weight is 207 g/mol. The number of nitrogen functional groups attached to an aromatic ring is 1. The maximum absolute atomic E-state index is 5.88. The normalized spacial score (nSPS) is 18.1. The summed E-state index contributed by atoms with van der Waals surface area (Å²) in [4.78, 5) is 6.29. The van der Waals surface area contributed by atoms with Crippen LogP contribution in [-0.2, 0) is 4.74 Å². The fourth-order valence-electron chi connectivity index (χ4n) is 2.02. The number of nitrogens with two attached hydrogens (primary N) is 1. The fraction of sp³-hybridized carbons (Fsp3) is 0.545. The van der Waals surface area contributed by atoms with Crippen LogP contribution in [0.5, 0.6) is 0 Å². The van der Waals surface area contributed by atoms with Gasteiger partial charge in [0.1, 0.15) is 0 Å². The van der Waals surface area contributed by atoms with E-state index >= 15 is 0 Å². The van der Waals surface area contributed by atoms with E-state index < -0.39 is 0 Å². The maximum atomic E-state index is 5.88. The Morgan fingerprint density at radius 2 is 2.20 bits per heavy atom. The van der Waals surface area contributed by atoms with Gasteiger partial charge in [-0.15, -0.1) is 0 Å². The second-order valence-electron chi connectivity index (χ2n) is 3.86. The van der Waals surface area contributed by atoms with Crippen LogP contribution in [0.4, 0.5) is 11.4 Å². The molecule has 0 atom stereocenters. The minimum absolute atomic E-state index is 0.407. The van der Waals surface area contributed by atoms with Crippen LogP contribution in [0.2, 0.25) is 0 Å². The van der Waals surface area contributed by atoms with Crippen molar-refractivity contribution in [1.82, 2.24) is 4.98 Å². The SMILES string of the molecule is COC1CCN(c2ccncc2N)CC1. The van der Waals surface area contributed by atoms with Crippen molar-refractivity contribution in [3.05, 3.63) is 18.5 Å². The number of piperidine rings is 1. The summed E-state index contributed by atoms with van der Waals surface area (Å²) in [5, 5.41) is 0. The van der Waals surface area contributed by atoms with Crippen molar-refractivity contribution in [3.8, 4) is 0 Å². The van der Waals surface area contributed by atoms with Gasteiger partial charge < -0.3 is 15.4 Å². The van der Waals surface area contributed by atoms with Gasteiger partial charge in [0.05, 0.1) is 23.7 Å². The summed E-state index contributed by atoms with van der Waals surface area (Å²) in [5.41, 5.74) is 7.74. The summed E-state index contributed by atoms with van der Waals surface area (Å²) in [6, 6.07) is 1.97. The summed E-state index contributed by atoms with van der Waals surface area (Å²) < 4.78 is 5.34. The molecule has 4 nitrogen and oxygen atoms in total. The topological polar surface area (TPSA) is 51.4 Å². The third kappa shape index (κ3) is 2.21. The molecule has 4 heteroatoms. The Morgan fingerprint density at radius 1 is 1.47 bits per heavy atom. The molecule has 1 fully saturated rings. The van der Waals surface area contributed by atoms with Gasteiger partial charge in [0, 0.05) is 26.4 Å². The van der Waals surface area contributed by atoms with E-state index in [1.165, 1.54) is 0 Å². The van der Waals surface area contributed by atoms with E-state index in [-0.39, 0.29) is 0 Å². The molecule has 0 bridgehead atoms. The lowest BCUT2D eigenvalue weighted by molar-refractivity contribution is 0.0819. The molecule has 2 heterocycles. The van der Waals surface area contributed by atoms with Crippen LogP contribution in [0, 0.1) is 0 Å². The van der Waals surface area contributed by atoms with Gasteiger partial charge in [0.15, 0.2) is 0 Å². The highest BCUT2D eigenvalue weighted by Gasteiger charge is 2.19. The van der Waals surface area contributed by atoms with E-state index in [1.54, 1.807) is 19.5 Å². The van der Waals surface area contributed by atoms with Crippen molar-refractivity contribution < 1.29 is 4.74 Å². The summed E-state index contributed by atoms with van der Waals surface area (Å²) in [6.07, 6.45) is 6.03. The number of anilines is 2. The zero-order chi connectivity index (χ0) is 10.7. The van der Waals surface area contributed by atoms with Crippen molar-refractivity contribution in [3.63, 3.8) is 0 Å². The van der Waals surface area contributed by atoms with Gasteiger partial charge in [0.2, 0.25) is 0 Å². The molecule has 0 aliphatic carbocycles. The first kappa shape index (κ1) is 10.2. The molecule has 15 heavy (non-hydrogen) atoms. The summed E-state index contributed by atoms with van der Waals surface area (Å²) in [7, 11) is 1.78. The Kier molecular flexibility index (Phi) is 3.06. The first-order valence-corrected chi connectivity index (χ1v) is 5.28. The van der Waals surface area contributed by atoms with E-state index in [9.17, 15) is 0 Å². The Balaban J connectivity index is 2.04. The molecule has 0 aromatic carbocycles. The van der Waals surface area contributed by atoms with Crippen molar-refractivity contribution >= 4 is 11.4 Å². The minimum atomic E-state index is 0.407. The molecular weight excluding hydrogens is 190 g/mol. The third-order valence-electron chi connectivity index (χ3n) is 2.94. The number of hydrogen-bond acceptors (Lipinski definition) is 4. The van der Waals surface area contributed by atoms with E-state index in [4.69, 9.17) is 10.5 Å². The zero-order valence-corrected chi connectivity index (χ0v) is 9.02. The number of nitrogens with zero attached hydrogens (tertiary/aromatic N) is 2. The Labute approximate surface area is 90.0 Å². The number of rotatable bonds is 2. The van der Waals surface area contributed by atoms with E-state index in [0.29, 0.717) is 6.10 Å². The largest absolute Gasteiger partial charge is 0.396 e. The molecular formula is C11H17N3O. The highest BCUT2D eigenvalue weighted by molar-refractivity contribution is 5.66. The van der Waals surface area contributed by atoms with E-state index in [0.717, 1.165) is 37.3 Å². The monoisotopic (exact) mass is 207 g/mol. The second-order valence-corrected chi connectivity index (χ2v) is 3.86. The molecule has 1 aliphatic heterocycles. The van der Waals surface area contributed by atoms with Crippen molar-refractivity contribution in [2.45, 2.75) is 18.9 Å². The van der Waals surface area contributed by atoms with Crippen LogP contribution in [0.1, 0.15) is 12.8 Å². The molecule has 0 amide bonds. The molecule has 2 rings (SSSR count). The highest BCUT2D eigenvalue weighted by atomic mass is 16.5. The second kappa shape index (κ2) is 4.49. The van der Waals surface area contributed by atoms with Gasteiger partial charge in [-0.3, -0.25) is 4.98 Å².